The summed E-state index contributed by atoms with van der Waals surface area (Å²) in [7, 11) is 5.53. The van der Waals surface area contributed by atoms with Crippen LogP contribution in [0.5, 0.6) is 5.75 Å². The van der Waals surface area contributed by atoms with Crippen LogP contribution in [0.2, 0.25) is 0 Å². The molecule has 1 aliphatic rings. The van der Waals surface area contributed by atoms with E-state index in [1.807, 2.05) is 55.4 Å². The maximum Gasteiger partial charge on any atom is 0.338 e. The molecule has 0 N–H and O–H groups in total. The summed E-state index contributed by atoms with van der Waals surface area (Å²) in [6, 6.07) is 10.8. The third kappa shape index (κ3) is 4.94. The molecule has 0 unspecified atom stereocenters. The Balaban J connectivity index is 1.93. The summed E-state index contributed by atoms with van der Waals surface area (Å²) in [5, 5.41) is 0. The Morgan fingerprint density at radius 3 is 2.56 bits per heavy atom. The maximum atomic E-state index is 13.8. The van der Waals surface area contributed by atoms with E-state index in [1.54, 1.807) is 31.6 Å². The second kappa shape index (κ2) is 10.7. The minimum absolute atomic E-state index is 0.219. The fourth-order valence-electron chi connectivity index (χ4n) is 4.09. The van der Waals surface area contributed by atoms with E-state index in [0.717, 1.165) is 21.3 Å². The number of carbonyl (C=O) groups is 1. The zero-order valence-corrected chi connectivity index (χ0v) is 24.5. The molecule has 36 heavy (non-hydrogen) atoms. The van der Waals surface area contributed by atoms with Crippen molar-refractivity contribution >= 4 is 60.9 Å². The third-order valence-electron chi connectivity index (χ3n) is 5.76. The van der Waals surface area contributed by atoms with E-state index >= 15 is 0 Å². The molecule has 188 valence electrons. The number of thiazole rings is 1. The standard InChI is InChI=1S/C26H25Br2N3O4S/c1-6-35-25(33)22-14(2)29-26-31(23(22)16-8-10-20(34-5)18(28)13-16)24(32)21(36-26)12-15-7-9-19(30(3)4)17(27)11-15/h7-13,23H,6H2,1-5H3/b21-12-/t23-/m0/s1. The van der Waals surface area contributed by atoms with Crippen LogP contribution in [0.1, 0.15) is 31.0 Å². The second-order valence-electron chi connectivity index (χ2n) is 8.30. The summed E-state index contributed by atoms with van der Waals surface area (Å²) in [5.74, 6) is 0.157. The predicted octanol–water partition coefficient (Wildman–Crippen LogP) is 4.40. The molecule has 3 aromatic rings. The Labute approximate surface area is 229 Å². The number of anilines is 1. The Morgan fingerprint density at radius 1 is 1.19 bits per heavy atom. The number of esters is 1. The van der Waals surface area contributed by atoms with E-state index in [4.69, 9.17) is 9.47 Å². The van der Waals surface area contributed by atoms with Gasteiger partial charge in [0.15, 0.2) is 4.80 Å². The molecule has 0 radical (unpaired) electrons. The first-order chi connectivity index (χ1) is 17.2. The lowest BCUT2D eigenvalue weighted by atomic mass is 9.96. The highest BCUT2D eigenvalue weighted by Crippen LogP contribution is 2.35. The number of aromatic nitrogens is 1. The van der Waals surface area contributed by atoms with Crippen LogP contribution in [0.25, 0.3) is 6.08 Å². The SMILES string of the molecule is CCOC(=O)C1=C(C)N=c2s/c(=C\c3ccc(N(C)C)c(Br)c3)c(=O)n2[C@H]1c1ccc(OC)c(Br)c1. The van der Waals surface area contributed by atoms with E-state index in [0.29, 0.717) is 30.8 Å². The lowest BCUT2D eigenvalue weighted by Gasteiger charge is -2.25. The monoisotopic (exact) mass is 633 g/mol. The highest BCUT2D eigenvalue weighted by Gasteiger charge is 2.33. The summed E-state index contributed by atoms with van der Waals surface area (Å²) >= 11 is 8.43. The molecular formula is C26H25Br2N3O4S. The Kier molecular flexibility index (Phi) is 7.87. The van der Waals surface area contributed by atoms with Gasteiger partial charge in [0, 0.05) is 18.6 Å². The number of halogens is 2. The number of rotatable bonds is 6. The minimum atomic E-state index is -0.687. The number of hydrogen-bond donors (Lipinski definition) is 0. The van der Waals surface area contributed by atoms with E-state index in [1.165, 1.54) is 11.3 Å². The van der Waals surface area contributed by atoms with Crippen molar-refractivity contribution in [2.45, 2.75) is 19.9 Å². The second-order valence-corrected chi connectivity index (χ2v) is 11.0. The largest absolute Gasteiger partial charge is 0.496 e. The minimum Gasteiger partial charge on any atom is -0.496 e. The van der Waals surface area contributed by atoms with Crippen molar-refractivity contribution in [2.75, 3.05) is 32.7 Å². The summed E-state index contributed by atoms with van der Waals surface area (Å²) in [6.45, 7) is 3.74. The molecule has 1 aromatic heterocycles. The average molecular weight is 635 g/mol. The van der Waals surface area contributed by atoms with Crippen molar-refractivity contribution < 1.29 is 14.3 Å². The van der Waals surface area contributed by atoms with Gasteiger partial charge in [0.1, 0.15) is 5.75 Å². The quantitative estimate of drug-likeness (QED) is 0.376. The van der Waals surface area contributed by atoms with Crippen molar-refractivity contribution in [3.05, 3.63) is 87.4 Å². The molecule has 0 saturated heterocycles. The fourth-order valence-corrected chi connectivity index (χ4v) is 6.44. The molecule has 1 aliphatic heterocycles. The topological polar surface area (TPSA) is 73.1 Å². The Hall–Kier alpha value is -2.69. The molecule has 2 aromatic carbocycles. The van der Waals surface area contributed by atoms with Crippen molar-refractivity contribution in [2.24, 2.45) is 4.99 Å². The average Bonchev–Trinajstić information content (AvgIpc) is 3.12. The molecule has 0 fully saturated rings. The first kappa shape index (κ1) is 26.4. The van der Waals surface area contributed by atoms with Gasteiger partial charge in [-0.2, -0.15) is 0 Å². The van der Waals surface area contributed by atoms with Gasteiger partial charge < -0.3 is 14.4 Å². The van der Waals surface area contributed by atoms with Gasteiger partial charge in [0.05, 0.1) is 45.7 Å². The first-order valence-electron chi connectivity index (χ1n) is 11.2. The molecule has 4 rings (SSSR count). The summed E-state index contributed by atoms with van der Waals surface area (Å²) in [5.41, 5.74) is 3.29. The zero-order valence-electron chi connectivity index (χ0n) is 20.5. The van der Waals surface area contributed by atoms with E-state index in [9.17, 15) is 9.59 Å². The predicted molar refractivity (Wildman–Crippen MR) is 150 cm³/mol. The van der Waals surface area contributed by atoms with Crippen LogP contribution in [0.3, 0.4) is 0 Å². The molecule has 0 aliphatic carbocycles. The number of ether oxygens (including phenoxy) is 2. The lowest BCUT2D eigenvalue weighted by molar-refractivity contribution is -0.139. The number of nitrogens with zero attached hydrogens (tertiary/aromatic N) is 3. The third-order valence-corrected chi connectivity index (χ3v) is 8.00. The number of methoxy groups -OCH3 is 1. The molecular weight excluding hydrogens is 610 g/mol. The fraction of sp³-hybridized carbons (Fsp3) is 0.269. The van der Waals surface area contributed by atoms with Gasteiger partial charge in [0.25, 0.3) is 5.56 Å². The van der Waals surface area contributed by atoms with Crippen molar-refractivity contribution in [1.29, 1.82) is 0 Å². The number of carbonyl (C=O) groups excluding carboxylic acids is 1. The highest BCUT2D eigenvalue weighted by atomic mass is 79.9. The van der Waals surface area contributed by atoms with Crippen molar-refractivity contribution in [3.8, 4) is 5.75 Å². The summed E-state index contributed by atoms with van der Waals surface area (Å²) in [4.78, 5) is 34.0. The molecule has 2 heterocycles. The van der Waals surface area contributed by atoms with Crippen LogP contribution < -0.4 is 24.5 Å². The van der Waals surface area contributed by atoms with Gasteiger partial charge in [-0.1, -0.05) is 23.5 Å². The van der Waals surface area contributed by atoms with Gasteiger partial charge in [-0.15, -0.1) is 0 Å². The molecule has 1 atom stereocenters. The number of allylic oxidation sites excluding steroid dienone is 1. The van der Waals surface area contributed by atoms with Gasteiger partial charge in [-0.25, -0.2) is 9.79 Å². The van der Waals surface area contributed by atoms with Gasteiger partial charge >= 0.3 is 5.97 Å². The number of hydrogen-bond acceptors (Lipinski definition) is 7. The van der Waals surface area contributed by atoms with Crippen molar-refractivity contribution in [3.63, 3.8) is 0 Å². The van der Waals surface area contributed by atoms with Gasteiger partial charge in [-0.3, -0.25) is 9.36 Å². The normalized spacial score (nSPS) is 15.4. The van der Waals surface area contributed by atoms with Crippen LogP contribution in [-0.4, -0.2) is 38.3 Å². The number of benzene rings is 2. The molecule has 10 heteroatoms. The van der Waals surface area contributed by atoms with Gasteiger partial charge in [0.2, 0.25) is 0 Å². The van der Waals surface area contributed by atoms with Crippen LogP contribution >= 0.6 is 43.2 Å². The smallest absolute Gasteiger partial charge is 0.338 e. The molecule has 7 nitrogen and oxygen atoms in total. The zero-order chi connectivity index (χ0) is 26.1. The highest BCUT2D eigenvalue weighted by molar-refractivity contribution is 9.11. The number of fused-ring (bicyclic) bond motifs is 1. The van der Waals surface area contributed by atoms with E-state index < -0.39 is 12.0 Å². The van der Waals surface area contributed by atoms with Gasteiger partial charge in [-0.05, 0) is 87.2 Å². The maximum absolute atomic E-state index is 13.8. The molecule has 0 amide bonds. The molecule has 0 spiro atoms. The lowest BCUT2D eigenvalue weighted by Crippen LogP contribution is -2.40. The molecule has 0 bridgehead atoms. The first-order valence-corrected chi connectivity index (χ1v) is 13.6. The van der Waals surface area contributed by atoms with Crippen LogP contribution in [0, 0.1) is 0 Å². The van der Waals surface area contributed by atoms with Crippen LogP contribution in [-0.2, 0) is 9.53 Å². The summed E-state index contributed by atoms with van der Waals surface area (Å²) < 4.78 is 14.5. The Morgan fingerprint density at radius 2 is 1.94 bits per heavy atom. The van der Waals surface area contributed by atoms with Crippen LogP contribution in [0.4, 0.5) is 5.69 Å². The Bertz CT molecular complexity index is 1560. The van der Waals surface area contributed by atoms with Crippen molar-refractivity contribution in [1.82, 2.24) is 4.57 Å². The molecule has 0 saturated carbocycles. The van der Waals surface area contributed by atoms with E-state index in [2.05, 4.69) is 36.9 Å². The summed E-state index contributed by atoms with van der Waals surface area (Å²) in [6.07, 6.45) is 1.85. The van der Waals surface area contributed by atoms with Crippen LogP contribution in [0.15, 0.2) is 66.4 Å². The van der Waals surface area contributed by atoms with E-state index in [-0.39, 0.29) is 12.2 Å².